The van der Waals surface area contributed by atoms with Crippen molar-refractivity contribution in [2.24, 2.45) is 0 Å². The van der Waals surface area contributed by atoms with Crippen molar-refractivity contribution in [1.29, 1.82) is 0 Å². The van der Waals surface area contributed by atoms with E-state index in [-0.39, 0.29) is 11.6 Å². The van der Waals surface area contributed by atoms with Gasteiger partial charge in [0.05, 0.1) is 17.4 Å². The monoisotopic (exact) mass is 373 g/mol. The number of rotatable bonds is 5. The van der Waals surface area contributed by atoms with E-state index in [9.17, 15) is 4.39 Å². The second kappa shape index (κ2) is 7.09. The van der Waals surface area contributed by atoms with Gasteiger partial charge in [-0.1, -0.05) is 30.3 Å². The highest BCUT2D eigenvalue weighted by molar-refractivity contribution is 5.76. The first kappa shape index (κ1) is 17.0. The van der Waals surface area contributed by atoms with Crippen molar-refractivity contribution in [3.63, 3.8) is 0 Å². The molecule has 0 unspecified atom stereocenters. The van der Waals surface area contributed by atoms with Crippen LogP contribution in [0.5, 0.6) is 11.5 Å². The summed E-state index contributed by atoms with van der Waals surface area (Å²) in [7, 11) is 0. The molecule has 1 aliphatic carbocycles. The average molecular weight is 373 g/mol. The molecule has 5 heteroatoms. The molecule has 2 N–H and O–H groups in total. The molecule has 4 nitrogen and oxygen atoms in total. The van der Waals surface area contributed by atoms with E-state index < -0.39 is 0 Å². The number of fused-ring (bicyclic) bond motifs is 2. The normalized spacial score (nSPS) is 13.8. The summed E-state index contributed by atoms with van der Waals surface area (Å²) >= 11 is 0. The molecule has 0 atom stereocenters. The van der Waals surface area contributed by atoms with Crippen molar-refractivity contribution in [2.75, 3.05) is 0 Å². The number of benzene rings is 3. The lowest BCUT2D eigenvalue weighted by Crippen LogP contribution is -2.28. The number of aromatic amines is 1. The van der Waals surface area contributed by atoms with Gasteiger partial charge >= 0.3 is 0 Å². The lowest BCUT2D eigenvalue weighted by Gasteiger charge is -2.13. The molecular formula is C23H20FN3O. The molecule has 28 heavy (non-hydrogen) atoms. The predicted molar refractivity (Wildman–Crippen MR) is 107 cm³/mol. The highest BCUT2D eigenvalue weighted by atomic mass is 19.1. The van der Waals surface area contributed by atoms with Crippen LogP contribution in [-0.4, -0.2) is 16.0 Å². The zero-order chi connectivity index (χ0) is 18.9. The van der Waals surface area contributed by atoms with Gasteiger partial charge in [0.2, 0.25) is 0 Å². The maximum absolute atomic E-state index is 14.5. The smallest absolute Gasteiger partial charge is 0.166 e. The van der Waals surface area contributed by atoms with Crippen LogP contribution in [0.2, 0.25) is 0 Å². The van der Waals surface area contributed by atoms with Crippen LogP contribution in [0.1, 0.15) is 16.7 Å². The van der Waals surface area contributed by atoms with Gasteiger partial charge in [-0.3, -0.25) is 0 Å². The van der Waals surface area contributed by atoms with Gasteiger partial charge in [-0.2, -0.15) is 0 Å². The van der Waals surface area contributed by atoms with Crippen LogP contribution in [0.4, 0.5) is 4.39 Å². The molecule has 0 spiro atoms. The van der Waals surface area contributed by atoms with Gasteiger partial charge in [-0.15, -0.1) is 0 Å². The second-order valence-corrected chi connectivity index (χ2v) is 7.20. The van der Waals surface area contributed by atoms with Crippen LogP contribution in [0.15, 0.2) is 67.0 Å². The van der Waals surface area contributed by atoms with Crippen molar-refractivity contribution >= 4 is 11.0 Å². The van der Waals surface area contributed by atoms with E-state index >= 15 is 0 Å². The quantitative estimate of drug-likeness (QED) is 0.531. The molecule has 0 saturated carbocycles. The SMILES string of the molecule is Fc1cc(CNC2Cc3ccccc3C2)ccc1Oc1ccc2nc[nH]c2c1. The van der Waals surface area contributed by atoms with E-state index in [2.05, 4.69) is 39.6 Å². The molecule has 5 rings (SSSR count). The van der Waals surface area contributed by atoms with Crippen molar-refractivity contribution in [2.45, 2.75) is 25.4 Å². The maximum atomic E-state index is 14.5. The van der Waals surface area contributed by atoms with E-state index in [1.54, 1.807) is 24.5 Å². The van der Waals surface area contributed by atoms with Gasteiger partial charge in [0.1, 0.15) is 5.75 Å². The van der Waals surface area contributed by atoms with Crippen LogP contribution in [0, 0.1) is 5.82 Å². The molecule has 0 fully saturated rings. The number of imidazole rings is 1. The first-order valence-corrected chi connectivity index (χ1v) is 9.44. The molecule has 0 amide bonds. The Morgan fingerprint density at radius 3 is 2.64 bits per heavy atom. The molecule has 3 aromatic carbocycles. The molecule has 0 bridgehead atoms. The number of H-pyrrole nitrogens is 1. The topological polar surface area (TPSA) is 49.9 Å². The third kappa shape index (κ3) is 3.37. The number of hydrogen-bond donors (Lipinski definition) is 2. The lowest BCUT2D eigenvalue weighted by atomic mass is 10.1. The Morgan fingerprint density at radius 2 is 1.86 bits per heavy atom. The number of hydrogen-bond acceptors (Lipinski definition) is 3. The van der Waals surface area contributed by atoms with Crippen LogP contribution in [0.3, 0.4) is 0 Å². The van der Waals surface area contributed by atoms with Gasteiger partial charge in [0.15, 0.2) is 11.6 Å². The van der Waals surface area contributed by atoms with Crippen molar-refractivity contribution in [3.8, 4) is 11.5 Å². The summed E-state index contributed by atoms with van der Waals surface area (Å²) in [6, 6.07) is 19.5. The third-order valence-electron chi connectivity index (χ3n) is 5.26. The molecule has 0 radical (unpaired) electrons. The molecular weight excluding hydrogens is 353 g/mol. The first-order valence-electron chi connectivity index (χ1n) is 9.44. The Kier molecular flexibility index (Phi) is 4.29. The number of aromatic nitrogens is 2. The van der Waals surface area contributed by atoms with E-state index in [1.165, 1.54) is 11.1 Å². The minimum absolute atomic E-state index is 0.218. The summed E-state index contributed by atoms with van der Waals surface area (Å²) in [5, 5.41) is 3.54. The van der Waals surface area contributed by atoms with Gasteiger partial charge in [0, 0.05) is 18.7 Å². The fraction of sp³-hybridized carbons (Fsp3) is 0.174. The number of nitrogens with zero attached hydrogens (tertiary/aromatic N) is 1. The van der Waals surface area contributed by atoms with E-state index in [0.717, 1.165) is 29.4 Å². The molecule has 1 heterocycles. The predicted octanol–water partition coefficient (Wildman–Crippen LogP) is 4.75. The van der Waals surface area contributed by atoms with Gasteiger partial charge in [-0.25, -0.2) is 9.37 Å². The minimum atomic E-state index is -0.362. The van der Waals surface area contributed by atoms with Crippen LogP contribution in [-0.2, 0) is 19.4 Å². The third-order valence-corrected chi connectivity index (χ3v) is 5.26. The Hall–Kier alpha value is -3.18. The summed E-state index contributed by atoms with van der Waals surface area (Å²) < 4.78 is 20.3. The van der Waals surface area contributed by atoms with Gasteiger partial charge in [0.25, 0.3) is 0 Å². The summed E-state index contributed by atoms with van der Waals surface area (Å²) in [6.45, 7) is 0.635. The highest BCUT2D eigenvalue weighted by Gasteiger charge is 2.20. The summed E-state index contributed by atoms with van der Waals surface area (Å²) in [5.41, 5.74) is 5.43. The number of nitrogens with one attached hydrogen (secondary N) is 2. The van der Waals surface area contributed by atoms with Crippen molar-refractivity contribution in [1.82, 2.24) is 15.3 Å². The molecule has 1 aliphatic rings. The Bertz CT molecular complexity index is 1110. The van der Waals surface area contributed by atoms with E-state index in [4.69, 9.17) is 4.74 Å². The standard InChI is InChI=1S/C23H20FN3O/c24-20-9-15(13-25-18-10-16-3-1-2-4-17(16)11-18)5-8-23(20)28-19-6-7-21-22(12-19)27-14-26-21/h1-9,12,14,18,25H,10-11,13H2,(H,26,27). The highest BCUT2D eigenvalue weighted by Crippen LogP contribution is 2.27. The largest absolute Gasteiger partial charge is 0.454 e. The number of ether oxygens (including phenoxy) is 1. The Morgan fingerprint density at radius 1 is 1.04 bits per heavy atom. The first-order chi connectivity index (χ1) is 13.7. The molecule has 140 valence electrons. The zero-order valence-electron chi connectivity index (χ0n) is 15.3. The Balaban J connectivity index is 1.23. The molecule has 4 aromatic rings. The lowest BCUT2D eigenvalue weighted by molar-refractivity contribution is 0.441. The van der Waals surface area contributed by atoms with Crippen LogP contribution in [0.25, 0.3) is 11.0 Å². The second-order valence-electron chi connectivity index (χ2n) is 7.20. The van der Waals surface area contributed by atoms with Crippen molar-refractivity contribution in [3.05, 3.63) is 89.5 Å². The minimum Gasteiger partial charge on any atom is -0.454 e. The average Bonchev–Trinajstić information content (AvgIpc) is 3.34. The summed E-state index contributed by atoms with van der Waals surface area (Å²) in [4.78, 5) is 7.20. The van der Waals surface area contributed by atoms with Crippen LogP contribution < -0.4 is 10.1 Å². The fourth-order valence-electron chi connectivity index (χ4n) is 3.81. The maximum Gasteiger partial charge on any atom is 0.166 e. The van der Waals surface area contributed by atoms with E-state index in [0.29, 0.717) is 18.3 Å². The molecule has 0 saturated heterocycles. The van der Waals surface area contributed by atoms with Gasteiger partial charge < -0.3 is 15.0 Å². The van der Waals surface area contributed by atoms with Gasteiger partial charge in [-0.05, 0) is 53.8 Å². The summed E-state index contributed by atoms with van der Waals surface area (Å²) in [5.74, 6) is 0.430. The van der Waals surface area contributed by atoms with Crippen molar-refractivity contribution < 1.29 is 9.13 Å². The molecule has 0 aliphatic heterocycles. The Labute approximate surface area is 162 Å². The fourth-order valence-corrected chi connectivity index (χ4v) is 3.81. The zero-order valence-corrected chi connectivity index (χ0v) is 15.3. The van der Waals surface area contributed by atoms with E-state index in [1.807, 2.05) is 18.2 Å². The van der Waals surface area contributed by atoms with Crippen LogP contribution >= 0.6 is 0 Å². The molecule has 1 aromatic heterocycles. The summed E-state index contributed by atoms with van der Waals surface area (Å²) in [6.07, 6.45) is 3.67. The number of halogens is 1.